The van der Waals surface area contributed by atoms with Gasteiger partial charge in [-0.15, -0.1) is 0 Å². The van der Waals surface area contributed by atoms with Crippen molar-refractivity contribution in [3.63, 3.8) is 0 Å². The molecular formula is C21H27N5O4S. The Morgan fingerprint density at radius 3 is 2.35 bits per heavy atom. The van der Waals surface area contributed by atoms with E-state index in [2.05, 4.69) is 14.9 Å². The fourth-order valence-corrected chi connectivity index (χ4v) is 5.49. The van der Waals surface area contributed by atoms with E-state index in [-0.39, 0.29) is 35.8 Å². The summed E-state index contributed by atoms with van der Waals surface area (Å²) in [7, 11) is -3.61. The molecule has 2 saturated heterocycles. The summed E-state index contributed by atoms with van der Waals surface area (Å²) in [6.07, 6.45) is 3.17. The number of nitrogens with zero attached hydrogens (tertiary/aromatic N) is 4. The number of amides is 1. The van der Waals surface area contributed by atoms with E-state index in [4.69, 9.17) is 10.5 Å². The molecule has 2 aliphatic rings. The van der Waals surface area contributed by atoms with Crippen LogP contribution in [0.25, 0.3) is 11.1 Å². The molecule has 0 bridgehead atoms. The second-order valence-corrected chi connectivity index (χ2v) is 10.4. The van der Waals surface area contributed by atoms with Gasteiger partial charge in [-0.05, 0) is 23.8 Å². The van der Waals surface area contributed by atoms with Crippen LogP contribution in [0.3, 0.4) is 0 Å². The number of anilines is 2. The average molecular weight is 446 g/mol. The smallest absolute Gasteiger partial charge is 0.225 e. The number of rotatable bonds is 5. The molecule has 0 aliphatic carbocycles. The minimum Gasteiger partial charge on any atom is -0.378 e. The number of benzene rings is 1. The van der Waals surface area contributed by atoms with Gasteiger partial charge in [-0.2, -0.15) is 0 Å². The highest BCUT2D eigenvalue weighted by atomic mass is 32.2. The molecule has 2 aromatic rings. The summed E-state index contributed by atoms with van der Waals surface area (Å²) in [4.78, 5) is 24.2. The topological polar surface area (TPSA) is 119 Å². The van der Waals surface area contributed by atoms with Crippen LogP contribution in [-0.2, 0) is 19.4 Å². The van der Waals surface area contributed by atoms with Gasteiger partial charge < -0.3 is 20.3 Å². The third-order valence-corrected chi connectivity index (χ3v) is 7.76. The van der Waals surface area contributed by atoms with Crippen LogP contribution in [0.4, 0.5) is 11.6 Å². The van der Waals surface area contributed by atoms with Gasteiger partial charge in [-0.25, -0.2) is 18.4 Å². The Kier molecular flexibility index (Phi) is 5.85. The molecule has 2 N–H and O–H groups in total. The molecule has 31 heavy (non-hydrogen) atoms. The molecule has 1 aromatic heterocycles. The molecule has 0 saturated carbocycles. The van der Waals surface area contributed by atoms with Crippen molar-refractivity contribution in [2.24, 2.45) is 5.92 Å². The van der Waals surface area contributed by atoms with E-state index >= 15 is 0 Å². The van der Waals surface area contributed by atoms with E-state index in [1.54, 1.807) is 29.4 Å². The third-order valence-electron chi connectivity index (χ3n) is 5.69. The maximum absolute atomic E-state index is 13.4. The first kappa shape index (κ1) is 21.5. The van der Waals surface area contributed by atoms with Gasteiger partial charge >= 0.3 is 0 Å². The molecule has 10 heteroatoms. The van der Waals surface area contributed by atoms with Crippen molar-refractivity contribution in [1.82, 2.24) is 14.9 Å². The van der Waals surface area contributed by atoms with Crippen LogP contribution < -0.4 is 10.6 Å². The van der Waals surface area contributed by atoms with Crippen molar-refractivity contribution in [2.75, 3.05) is 50.0 Å². The highest BCUT2D eigenvalue weighted by Crippen LogP contribution is 2.33. The predicted molar refractivity (Wildman–Crippen MR) is 117 cm³/mol. The lowest BCUT2D eigenvalue weighted by molar-refractivity contribution is -0.137. The quantitative estimate of drug-likeness (QED) is 0.729. The van der Waals surface area contributed by atoms with Crippen molar-refractivity contribution < 1.29 is 17.9 Å². The fraction of sp³-hybridized carbons (Fsp3) is 0.476. The lowest BCUT2D eigenvalue weighted by atomic mass is 10.1. The first-order valence-electron chi connectivity index (χ1n) is 10.3. The van der Waals surface area contributed by atoms with Crippen LogP contribution in [0.15, 0.2) is 35.5 Å². The molecule has 3 heterocycles. The summed E-state index contributed by atoms with van der Waals surface area (Å²) < 4.78 is 32.2. The Bertz CT molecular complexity index is 1060. The van der Waals surface area contributed by atoms with E-state index in [9.17, 15) is 13.2 Å². The number of nitrogens with two attached hydrogens (primary N) is 1. The minimum atomic E-state index is -3.61. The van der Waals surface area contributed by atoms with Gasteiger partial charge in [0.2, 0.25) is 11.9 Å². The Hall–Kier alpha value is -2.72. The van der Waals surface area contributed by atoms with Gasteiger partial charge in [-0.3, -0.25) is 4.79 Å². The lowest BCUT2D eigenvalue weighted by Gasteiger charge is -2.39. The van der Waals surface area contributed by atoms with Crippen molar-refractivity contribution in [1.29, 1.82) is 0 Å². The second-order valence-electron chi connectivity index (χ2n) is 8.21. The normalized spacial score (nSPS) is 17.6. The third kappa shape index (κ3) is 4.35. The number of hydrogen-bond donors (Lipinski definition) is 1. The van der Waals surface area contributed by atoms with Gasteiger partial charge in [0.15, 0.2) is 9.84 Å². The predicted octanol–water partition coefficient (Wildman–Crippen LogP) is 1.20. The van der Waals surface area contributed by atoms with Gasteiger partial charge in [0.1, 0.15) is 5.25 Å². The zero-order valence-corrected chi connectivity index (χ0v) is 18.5. The van der Waals surface area contributed by atoms with Crippen LogP contribution in [0, 0.1) is 5.92 Å². The number of carbonyl (C=O) groups is 1. The number of hydrogen-bond acceptors (Lipinski definition) is 8. The molecule has 2 fully saturated rings. The number of morpholine rings is 1. The molecule has 9 nitrogen and oxygen atoms in total. The SMILES string of the molecule is CC(C)C(=O)N1CC(S(=O)(=O)c2cc(-c3cnc(N)nc3)cc(N3CCOCC3)c2)C1. The maximum Gasteiger partial charge on any atom is 0.225 e. The molecule has 1 aromatic carbocycles. The molecule has 1 amide bonds. The summed E-state index contributed by atoms with van der Waals surface area (Å²) in [6.45, 7) is 6.62. The molecule has 2 aliphatic heterocycles. The Morgan fingerprint density at radius 1 is 1.10 bits per heavy atom. The number of carbonyl (C=O) groups excluding carboxylic acids is 1. The van der Waals surface area contributed by atoms with E-state index in [0.717, 1.165) is 5.69 Å². The zero-order valence-electron chi connectivity index (χ0n) is 17.7. The van der Waals surface area contributed by atoms with E-state index in [1.165, 1.54) is 0 Å². The van der Waals surface area contributed by atoms with Gasteiger partial charge in [-0.1, -0.05) is 13.8 Å². The fourth-order valence-electron chi connectivity index (χ4n) is 3.78. The van der Waals surface area contributed by atoms with Crippen LogP contribution in [0.5, 0.6) is 0 Å². The maximum atomic E-state index is 13.4. The number of sulfone groups is 1. The standard InChI is InChI=1S/C21H27N5O4S/c1-14(2)20(27)26-12-19(13-26)31(28,29)18-8-15(16-10-23-21(22)24-11-16)7-17(9-18)25-3-5-30-6-4-25/h7-11,14,19H,3-6,12-13H2,1-2H3,(H2,22,23,24). The number of ether oxygens (including phenoxy) is 1. The van der Waals surface area contributed by atoms with Crippen LogP contribution in [0.2, 0.25) is 0 Å². The number of likely N-dealkylation sites (tertiary alicyclic amines) is 1. The second kappa shape index (κ2) is 8.43. The van der Waals surface area contributed by atoms with Crippen molar-refractivity contribution in [3.05, 3.63) is 30.6 Å². The summed E-state index contributed by atoms with van der Waals surface area (Å²) in [5.41, 5.74) is 7.80. The summed E-state index contributed by atoms with van der Waals surface area (Å²) in [6, 6.07) is 5.31. The van der Waals surface area contributed by atoms with Gasteiger partial charge in [0.05, 0.1) is 18.1 Å². The van der Waals surface area contributed by atoms with Crippen LogP contribution in [0.1, 0.15) is 13.8 Å². The van der Waals surface area contributed by atoms with E-state index in [1.807, 2.05) is 19.9 Å². The summed E-state index contributed by atoms with van der Waals surface area (Å²) in [5, 5.41) is -0.606. The van der Waals surface area contributed by atoms with E-state index < -0.39 is 15.1 Å². The molecule has 0 unspecified atom stereocenters. The van der Waals surface area contributed by atoms with E-state index in [0.29, 0.717) is 37.4 Å². The Labute approximate surface area is 182 Å². The van der Waals surface area contributed by atoms with Gasteiger partial charge in [0, 0.05) is 55.7 Å². The number of nitrogen functional groups attached to an aromatic ring is 1. The highest BCUT2D eigenvalue weighted by molar-refractivity contribution is 7.92. The van der Waals surface area contributed by atoms with Gasteiger partial charge in [0.25, 0.3) is 0 Å². The largest absolute Gasteiger partial charge is 0.378 e. The highest BCUT2D eigenvalue weighted by Gasteiger charge is 2.41. The van der Waals surface area contributed by atoms with Crippen LogP contribution in [-0.4, -0.2) is 73.8 Å². The molecule has 0 atom stereocenters. The first-order chi connectivity index (χ1) is 14.8. The zero-order chi connectivity index (χ0) is 22.2. The Morgan fingerprint density at radius 2 is 1.74 bits per heavy atom. The van der Waals surface area contributed by atoms with Crippen LogP contribution >= 0.6 is 0 Å². The molecular weight excluding hydrogens is 418 g/mol. The molecule has 0 spiro atoms. The molecule has 166 valence electrons. The molecule has 0 radical (unpaired) electrons. The summed E-state index contributed by atoms with van der Waals surface area (Å²) >= 11 is 0. The first-order valence-corrected chi connectivity index (χ1v) is 11.9. The summed E-state index contributed by atoms with van der Waals surface area (Å²) in [5.74, 6) is -0.0102. The Balaban J connectivity index is 1.68. The van der Waals surface area contributed by atoms with Crippen molar-refractivity contribution in [3.8, 4) is 11.1 Å². The van der Waals surface area contributed by atoms with Crippen molar-refractivity contribution >= 4 is 27.4 Å². The number of aromatic nitrogens is 2. The monoisotopic (exact) mass is 445 g/mol. The average Bonchev–Trinajstić information content (AvgIpc) is 2.73. The minimum absolute atomic E-state index is 0.0202. The molecule has 4 rings (SSSR count). The van der Waals surface area contributed by atoms with Crippen molar-refractivity contribution in [2.45, 2.75) is 24.0 Å². The lowest BCUT2D eigenvalue weighted by Crippen LogP contribution is -2.57.